The summed E-state index contributed by atoms with van der Waals surface area (Å²) in [5.74, 6) is 0.864. The van der Waals surface area contributed by atoms with Gasteiger partial charge in [0.15, 0.2) is 0 Å². The van der Waals surface area contributed by atoms with E-state index in [9.17, 15) is 9.59 Å². The maximum atomic E-state index is 12.4. The lowest BCUT2D eigenvalue weighted by Gasteiger charge is -2.09. The molecule has 0 bridgehead atoms. The van der Waals surface area contributed by atoms with E-state index in [1.807, 2.05) is 24.3 Å². The predicted molar refractivity (Wildman–Crippen MR) is 109 cm³/mol. The number of carbonyl (C=O) groups excluding carboxylic acids is 1. The molecule has 2 heterocycles. The number of aromatic nitrogens is 6. The minimum Gasteiger partial charge on any atom is -0.494 e. The first-order chi connectivity index (χ1) is 14.6. The molecule has 4 aromatic rings. The second-order valence-corrected chi connectivity index (χ2v) is 7.01. The molecule has 0 radical (unpaired) electrons. The number of methoxy groups -OCH3 is 2. The third kappa shape index (κ3) is 3.74. The molecule has 0 saturated heterocycles. The standard InChI is InChI=1S/C19H16N6O4S/c1-28-15-6-4-3-5-14(15)25-19(22-23-24-25)30-10-16-20-13-9-11(18(27)29-2)7-8-12(13)17(26)21-16/h3-9H,10H2,1-2H3,(H,20,21,26). The summed E-state index contributed by atoms with van der Waals surface area (Å²) < 4.78 is 11.6. The van der Waals surface area contributed by atoms with Crippen molar-refractivity contribution in [3.63, 3.8) is 0 Å². The monoisotopic (exact) mass is 424 g/mol. The SMILES string of the molecule is COC(=O)c1ccc2c(=O)[nH]c(CSc3nnnn3-c3ccccc3OC)nc2c1. The van der Waals surface area contributed by atoms with Gasteiger partial charge in [0, 0.05) is 0 Å². The Bertz CT molecular complexity index is 1290. The Hall–Kier alpha value is -3.73. The summed E-state index contributed by atoms with van der Waals surface area (Å²) >= 11 is 1.30. The van der Waals surface area contributed by atoms with Crippen molar-refractivity contribution < 1.29 is 14.3 Å². The van der Waals surface area contributed by atoms with Gasteiger partial charge in [-0.3, -0.25) is 4.79 Å². The van der Waals surface area contributed by atoms with Crippen LogP contribution in [-0.2, 0) is 10.5 Å². The lowest BCUT2D eigenvalue weighted by molar-refractivity contribution is 0.0601. The molecule has 0 saturated carbocycles. The van der Waals surface area contributed by atoms with Crippen molar-refractivity contribution in [2.75, 3.05) is 14.2 Å². The minimum absolute atomic E-state index is 0.295. The normalized spacial score (nSPS) is 10.9. The average Bonchev–Trinajstić information content (AvgIpc) is 3.25. The Morgan fingerprint density at radius 2 is 2.03 bits per heavy atom. The number of rotatable bonds is 6. The number of H-pyrrole nitrogens is 1. The van der Waals surface area contributed by atoms with E-state index in [-0.39, 0.29) is 5.56 Å². The van der Waals surface area contributed by atoms with E-state index in [1.165, 1.54) is 31.0 Å². The number of thioether (sulfide) groups is 1. The number of nitrogens with zero attached hydrogens (tertiary/aromatic N) is 5. The molecule has 0 unspecified atom stereocenters. The lowest BCUT2D eigenvalue weighted by atomic mass is 10.1. The Labute approximate surface area is 174 Å². The molecule has 0 atom stereocenters. The topological polar surface area (TPSA) is 125 Å². The number of fused-ring (bicyclic) bond motifs is 1. The summed E-state index contributed by atoms with van der Waals surface area (Å²) in [5.41, 5.74) is 1.12. The number of carbonyl (C=O) groups is 1. The molecule has 0 aliphatic heterocycles. The van der Waals surface area contributed by atoms with Crippen LogP contribution in [0, 0.1) is 0 Å². The highest BCUT2D eigenvalue weighted by Crippen LogP contribution is 2.26. The van der Waals surface area contributed by atoms with Crippen LogP contribution in [0.1, 0.15) is 16.2 Å². The molecule has 1 N–H and O–H groups in total. The summed E-state index contributed by atoms with van der Waals surface area (Å²) in [5, 5.41) is 12.7. The van der Waals surface area contributed by atoms with Crippen molar-refractivity contribution in [1.82, 2.24) is 30.2 Å². The van der Waals surface area contributed by atoms with Crippen molar-refractivity contribution in [3.05, 3.63) is 64.2 Å². The summed E-state index contributed by atoms with van der Waals surface area (Å²) in [4.78, 5) is 31.4. The summed E-state index contributed by atoms with van der Waals surface area (Å²) in [6, 6.07) is 12.0. The predicted octanol–water partition coefficient (Wildman–Crippen LogP) is 1.99. The highest BCUT2D eigenvalue weighted by atomic mass is 32.2. The quantitative estimate of drug-likeness (QED) is 0.365. The van der Waals surface area contributed by atoms with Crippen molar-refractivity contribution >= 4 is 28.6 Å². The number of hydrogen-bond acceptors (Lipinski definition) is 9. The highest BCUT2D eigenvalue weighted by molar-refractivity contribution is 7.98. The van der Waals surface area contributed by atoms with Gasteiger partial charge in [0.2, 0.25) is 5.16 Å². The van der Waals surface area contributed by atoms with Gasteiger partial charge in [0.1, 0.15) is 17.3 Å². The molecular weight excluding hydrogens is 408 g/mol. The van der Waals surface area contributed by atoms with E-state index >= 15 is 0 Å². The Balaban J connectivity index is 1.63. The fourth-order valence-corrected chi connectivity index (χ4v) is 3.61. The van der Waals surface area contributed by atoms with Crippen LogP contribution in [0.4, 0.5) is 0 Å². The number of ether oxygens (including phenoxy) is 2. The first-order valence-corrected chi connectivity index (χ1v) is 9.75. The second-order valence-electron chi connectivity index (χ2n) is 6.07. The van der Waals surface area contributed by atoms with E-state index in [2.05, 4.69) is 25.5 Å². The molecule has 11 heteroatoms. The van der Waals surface area contributed by atoms with Crippen LogP contribution in [-0.4, -0.2) is 50.4 Å². The second kappa shape index (κ2) is 8.33. The maximum Gasteiger partial charge on any atom is 0.337 e. The smallest absolute Gasteiger partial charge is 0.337 e. The van der Waals surface area contributed by atoms with Gasteiger partial charge in [-0.15, -0.1) is 5.10 Å². The first-order valence-electron chi connectivity index (χ1n) is 8.76. The van der Waals surface area contributed by atoms with Crippen LogP contribution >= 0.6 is 11.8 Å². The largest absolute Gasteiger partial charge is 0.494 e. The molecule has 0 aliphatic rings. The van der Waals surface area contributed by atoms with Gasteiger partial charge < -0.3 is 14.5 Å². The Morgan fingerprint density at radius 1 is 1.20 bits per heavy atom. The van der Waals surface area contributed by atoms with Crippen molar-refractivity contribution in [1.29, 1.82) is 0 Å². The molecule has 10 nitrogen and oxygen atoms in total. The van der Waals surface area contributed by atoms with Crippen LogP contribution in [0.3, 0.4) is 0 Å². The van der Waals surface area contributed by atoms with E-state index in [4.69, 9.17) is 9.47 Å². The molecule has 30 heavy (non-hydrogen) atoms. The molecule has 0 aliphatic carbocycles. The van der Waals surface area contributed by atoms with Crippen molar-refractivity contribution in [3.8, 4) is 11.4 Å². The molecule has 0 spiro atoms. The zero-order valence-corrected chi connectivity index (χ0v) is 16.8. The lowest BCUT2D eigenvalue weighted by Crippen LogP contribution is -2.12. The number of para-hydroxylation sites is 2. The number of esters is 1. The number of tetrazole rings is 1. The van der Waals surface area contributed by atoms with Crippen molar-refractivity contribution in [2.24, 2.45) is 0 Å². The fraction of sp³-hybridized carbons (Fsp3) is 0.158. The van der Waals surface area contributed by atoms with E-state index < -0.39 is 5.97 Å². The molecule has 152 valence electrons. The van der Waals surface area contributed by atoms with E-state index in [0.29, 0.717) is 44.6 Å². The van der Waals surface area contributed by atoms with Crippen LogP contribution in [0.2, 0.25) is 0 Å². The molecule has 2 aromatic carbocycles. The zero-order valence-electron chi connectivity index (χ0n) is 16.0. The van der Waals surface area contributed by atoms with Crippen LogP contribution in [0.5, 0.6) is 5.75 Å². The first kappa shape index (κ1) is 19.6. The summed E-state index contributed by atoms with van der Waals surface area (Å²) in [6.07, 6.45) is 0. The summed E-state index contributed by atoms with van der Waals surface area (Å²) in [7, 11) is 2.87. The molecule has 2 aromatic heterocycles. The zero-order chi connectivity index (χ0) is 21.1. The number of nitrogens with one attached hydrogen (secondary N) is 1. The van der Waals surface area contributed by atoms with Crippen LogP contribution < -0.4 is 10.3 Å². The Kier molecular flexibility index (Phi) is 5.44. The number of aromatic amines is 1. The van der Waals surface area contributed by atoms with Gasteiger partial charge in [-0.2, -0.15) is 4.68 Å². The van der Waals surface area contributed by atoms with Gasteiger partial charge in [-0.1, -0.05) is 23.9 Å². The van der Waals surface area contributed by atoms with Gasteiger partial charge in [-0.25, -0.2) is 9.78 Å². The average molecular weight is 424 g/mol. The van der Waals surface area contributed by atoms with Crippen LogP contribution in [0.15, 0.2) is 52.4 Å². The van der Waals surface area contributed by atoms with Gasteiger partial charge >= 0.3 is 5.97 Å². The third-order valence-electron chi connectivity index (χ3n) is 4.27. The summed E-state index contributed by atoms with van der Waals surface area (Å²) in [6.45, 7) is 0. The number of benzene rings is 2. The minimum atomic E-state index is -0.495. The van der Waals surface area contributed by atoms with Crippen LogP contribution in [0.25, 0.3) is 16.6 Å². The molecular formula is C19H16N6O4S. The fourth-order valence-electron chi connectivity index (χ4n) is 2.86. The molecule has 0 amide bonds. The van der Waals surface area contributed by atoms with E-state index in [0.717, 1.165) is 0 Å². The highest BCUT2D eigenvalue weighted by Gasteiger charge is 2.15. The Morgan fingerprint density at radius 3 is 2.83 bits per heavy atom. The van der Waals surface area contributed by atoms with Gasteiger partial charge in [0.05, 0.1) is 36.4 Å². The maximum absolute atomic E-state index is 12.4. The van der Waals surface area contributed by atoms with Gasteiger partial charge in [-0.05, 0) is 40.8 Å². The van der Waals surface area contributed by atoms with E-state index in [1.54, 1.807) is 17.9 Å². The third-order valence-corrected chi connectivity index (χ3v) is 5.20. The molecule has 4 rings (SSSR count). The molecule has 0 fully saturated rings. The number of hydrogen-bond donors (Lipinski definition) is 1. The van der Waals surface area contributed by atoms with Crippen molar-refractivity contribution in [2.45, 2.75) is 10.9 Å². The van der Waals surface area contributed by atoms with Gasteiger partial charge in [0.25, 0.3) is 5.56 Å².